The highest BCUT2D eigenvalue weighted by atomic mass is 19.1. The first kappa shape index (κ1) is 20.4. The van der Waals surface area contributed by atoms with Gasteiger partial charge in [0.2, 0.25) is 5.91 Å². The number of halogens is 1. The number of aliphatic imine (C=N–C) groups is 1. The number of benzene rings is 2. The second-order valence-corrected chi connectivity index (χ2v) is 6.08. The van der Waals surface area contributed by atoms with Crippen LogP contribution in [0.25, 0.3) is 0 Å². The van der Waals surface area contributed by atoms with Gasteiger partial charge in [0.15, 0.2) is 5.96 Å². The van der Waals surface area contributed by atoms with Gasteiger partial charge in [-0.2, -0.15) is 0 Å². The summed E-state index contributed by atoms with van der Waals surface area (Å²) in [5.41, 5.74) is 2.04. The van der Waals surface area contributed by atoms with E-state index in [1.807, 2.05) is 25.1 Å². The van der Waals surface area contributed by atoms with Gasteiger partial charge in [-0.15, -0.1) is 0 Å². The molecule has 0 bridgehead atoms. The lowest BCUT2D eigenvalue weighted by atomic mass is 10.1. The zero-order valence-electron chi connectivity index (χ0n) is 15.7. The Morgan fingerprint density at radius 1 is 0.926 bits per heavy atom. The van der Waals surface area contributed by atoms with E-state index in [1.165, 1.54) is 17.7 Å². The number of carbonyl (C=O) groups excluding carboxylic acids is 1. The monoisotopic (exact) mass is 370 g/mol. The minimum absolute atomic E-state index is 0.0885. The van der Waals surface area contributed by atoms with Crippen LogP contribution in [0.5, 0.6) is 0 Å². The molecule has 0 atom stereocenters. The Labute approximate surface area is 160 Å². The summed E-state index contributed by atoms with van der Waals surface area (Å²) in [4.78, 5) is 16.5. The molecule has 0 saturated heterocycles. The van der Waals surface area contributed by atoms with Crippen LogP contribution in [-0.2, 0) is 17.6 Å². The number of amides is 1. The fourth-order valence-corrected chi connectivity index (χ4v) is 2.52. The first-order chi connectivity index (χ1) is 13.2. The van der Waals surface area contributed by atoms with Crippen molar-refractivity contribution in [2.45, 2.75) is 19.8 Å². The molecule has 0 aliphatic carbocycles. The first-order valence-electron chi connectivity index (χ1n) is 9.24. The van der Waals surface area contributed by atoms with Gasteiger partial charge in [0, 0.05) is 26.2 Å². The SMILES string of the molecule is CCNC(=NCCc1ccccc1)NCCNC(=O)Cc1ccc(F)cc1. The van der Waals surface area contributed by atoms with E-state index in [-0.39, 0.29) is 18.1 Å². The molecule has 0 fully saturated rings. The Hall–Kier alpha value is -2.89. The minimum Gasteiger partial charge on any atom is -0.357 e. The quantitative estimate of drug-likeness (QED) is 0.360. The Bertz CT molecular complexity index is 717. The average molecular weight is 370 g/mol. The smallest absolute Gasteiger partial charge is 0.224 e. The standard InChI is InChI=1S/C21H27FN4O/c1-2-23-21(25-13-12-17-6-4-3-5-7-17)26-15-14-24-20(27)16-18-8-10-19(22)11-9-18/h3-11H,2,12-16H2,1H3,(H,24,27)(H2,23,25,26). The maximum Gasteiger partial charge on any atom is 0.224 e. The predicted molar refractivity (Wildman–Crippen MR) is 107 cm³/mol. The zero-order chi connectivity index (χ0) is 19.3. The summed E-state index contributed by atoms with van der Waals surface area (Å²) in [7, 11) is 0. The summed E-state index contributed by atoms with van der Waals surface area (Å²) in [5, 5.41) is 9.25. The molecule has 27 heavy (non-hydrogen) atoms. The fraction of sp³-hybridized carbons (Fsp3) is 0.333. The molecule has 144 valence electrons. The maximum atomic E-state index is 12.9. The molecule has 0 radical (unpaired) electrons. The van der Waals surface area contributed by atoms with Crippen molar-refractivity contribution < 1.29 is 9.18 Å². The molecular formula is C21H27FN4O. The summed E-state index contributed by atoms with van der Waals surface area (Å²) >= 11 is 0. The Morgan fingerprint density at radius 3 is 2.33 bits per heavy atom. The second kappa shape index (κ2) is 11.7. The molecule has 2 aromatic carbocycles. The van der Waals surface area contributed by atoms with Crippen molar-refractivity contribution in [3.05, 3.63) is 71.5 Å². The lowest BCUT2D eigenvalue weighted by Gasteiger charge is -2.12. The number of nitrogens with zero attached hydrogens (tertiary/aromatic N) is 1. The van der Waals surface area contributed by atoms with E-state index in [9.17, 15) is 9.18 Å². The van der Waals surface area contributed by atoms with Gasteiger partial charge in [0.05, 0.1) is 6.42 Å². The molecule has 0 aliphatic rings. The van der Waals surface area contributed by atoms with Crippen molar-refractivity contribution in [1.82, 2.24) is 16.0 Å². The van der Waals surface area contributed by atoms with Crippen LogP contribution in [0.15, 0.2) is 59.6 Å². The Morgan fingerprint density at radius 2 is 1.63 bits per heavy atom. The van der Waals surface area contributed by atoms with E-state index in [4.69, 9.17) is 0 Å². The van der Waals surface area contributed by atoms with E-state index in [0.717, 1.165) is 24.5 Å². The molecule has 0 unspecified atom stereocenters. The van der Waals surface area contributed by atoms with Crippen LogP contribution in [0, 0.1) is 5.82 Å². The van der Waals surface area contributed by atoms with Gasteiger partial charge in [-0.3, -0.25) is 9.79 Å². The summed E-state index contributed by atoms with van der Waals surface area (Å²) in [6, 6.07) is 16.2. The first-order valence-corrected chi connectivity index (χ1v) is 9.24. The molecule has 0 heterocycles. The van der Waals surface area contributed by atoms with E-state index < -0.39 is 0 Å². The topological polar surface area (TPSA) is 65.5 Å². The van der Waals surface area contributed by atoms with E-state index in [2.05, 4.69) is 33.1 Å². The average Bonchev–Trinajstić information content (AvgIpc) is 2.68. The van der Waals surface area contributed by atoms with E-state index in [0.29, 0.717) is 19.6 Å². The maximum absolute atomic E-state index is 12.9. The molecule has 5 nitrogen and oxygen atoms in total. The Balaban J connectivity index is 1.68. The van der Waals surface area contributed by atoms with E-state index in [1.54, 1.807) is 12.1 Å². The lowest BCUT2D eigenvalue weighted by molar-refractivity contribution is -0.120. The summed E-state index contributed by atoms with van der Waals surface area (Å²) in [6.45, 7) is 4.54. The van der Waals surface area contributed by atoms with Gasteiger partial charge in [-0.1, -0.05) is 42.5 Å². The van der Waals surface area contributed by atoms with Gasteiger partial charge in [-0.05, 0) is 36.6 Å². The van der Waals surface area contributed by atoms with Crippen LogP contribution in [0.1, 0.15) is 18.1 Å². The third-order valence-electron chi connectivity index (χ3n) is 3.87. The molecule has 2 rings (SSSR count). The second-order valence-electron chi connectivity index (χ2n) is 6.08. The van der Waals surface area contributed by atoms with Crippen molar-refractivity contribution in [3.63, 3.8) is 0 Å². The molecule has 0 aromatic heterocycles. The van der Waals surface area contributed by atoms with Gasteiger partial charge < -0.3 is 16.0 Å². The summed E-state index contributed by atoms with van der Waals surface area (Å²) in [6.07, 6.45) is 1.12. The highest BCUT2D eigenvalue weighted by Crippen LogP contribution is 2.03. The van der Waals surface area contributed by atoms with Crippen molar-refractivity contribution in [3.8, 4) is 0 Å². The van der Waals surface area contributed by atoms with Gasteiger partial charge in [0.1, 0.15) is 5.82 Å². The molecule has 6 heteroatoms. The highest BCUT2D eigenvalue weighted by Gasteiger charge is 2.03. The summed E-state index contributed by atoms with van der Waals surface area (Å²) in [5.74, 6) is 0.349. The number of rotatable bonds is 9. The third kappa shape index (κ3) is 8.35. The molecular weight excluding hydrogens is 343 g/mol. The van der Waals surface area contributed by atoms with Gasteiger partial charge in [0.25, 0.3) is 0 Å². The van der Waals surface area contributed by atoms with Crippen LogP contribution < -0.4 is 16.0 Å². The van der Waals surface area contributed by atoms with Gasteiger partial charge >= 0.3 is 0 Å². The molecule has 1 amide bonds. The number of guanidine groups is 1. The zero-order valence-corrected chi connectivity index (χ0v) is 15.7. The largest absolute Gasteiger partial charge is 0.357 e. The lowest BCUT2D eigenvalue weighted by Crippen LogP contribution is -2.41. The van der Waals surface area contributed by atoms with Crippen molar-refractivity contribution in [2.24, 2.45) is 4.99 Å². The van der Waals surface area contributed by atoms with Crippen molar-refractivity contribution in [2.75, 3.05) is 26.2 Å². The van der Waals surface area contributed by atoms with E-state index >= 15 is 0 Å². The minimum atomic E-state index is -0.300. The number of hydrogen-bond donors (Lipinski definition) is 3. The molecule has 0 aliphatic heterocycles. The summed E-state index contributed by atoms with van der Waals surface area (Å²) < 4.78 is 12.9. The molecule has 3 N–H and O–H groups in total. The predicted octanol–water partition coefficient (Wildman–Crippen LogP) is 2.28. The van der Waals surface area contributed by atoms with Crippen molar-refractivity contribution >= 4 is 11.9 Å². The molecule has 0 spiro atoms. The highest BCUT2D eigenvalue weighted by molar-refractivity contribution is 5.80. The third-order valence-corrected chi connectivity index (χ3v) is 3.87. The molecule has 2 aromatic rings. The van der Waals surface area contributed by atoms with Crippen LogP contribution in [-0.4, -0.2) is 38.0 Å². The number of hydrogen-bond acceptors (Lipinski definition) is 2. The van der Waals surface area contributed by atoms with Crippen LogP contribution in [0.4, 0.5) is 4.39 Å². The fourth-order valence-electron chi connectivity index (χ4n) is 2.52. The van der Waals surface area contributed by atoms with Crippen LogP contribution in [0.2, 0.25) is 0 Å². The molecule has 0 saturated carbocycles. The Kier molecular flexibility index (Phi) is 8.83. The van der Waals surface area contributed by atoms with Gasteiger partial charge in [-0.25, -0.2) is 4.39 Å². The van der Waals surface area contributed by atoms with Crippen molar-refractivity contribution in [1.29, 1.82) is 0 Å². The normalized spacial score (nSPS) is 11.1. The number of carbonyl (C=O) groups is 1. The number of nitrogens with one attached hydrogen (secondary N) is 3. The van der Waals surface area contributed by atoms with Crippen LogP contribution in [0.3, 0.4) is 0 Å². The van der Waals surface area contributed by atoms with Crippen LogP contribution >= 0.6 is 0 Å².